The minimum absolute atomic E-state index is 0.0986. The first-order chi connectivity index (χ1) is 16.2. The summed E-state index contributed by atoms with van der Waals surface area (Å²) < 4.78 is 0. The molecule has 172 valence electrons. The van der Waals surface area contributed by atoms with Crippen molar-refractivity contribution in [1.29, 1.82) is 0 Å². The molecule has 2 amide bonds. The van der Waals surface area contributed by atoms with Crippen LogP contribution in [0.5, 0.6) is 0 Å². The van der Waals surface area contributed by atoms with Crippen molar-refractivity contribution in [3.63, 3.8) is 0 Å². The molecule has 0 fully saturated rings. The van der Waals surface area contributed by atoms with Gasteiger partial charge >= 0.3 is 0 Å². The Labute approximate surface area is 199 Å². The first-order valence-corrected chi connectivity index (χ1v) is 12.0. The summed E-state index contributed by atoms with van der Waals surface area (Å²) >= 11 is 1.74. The van der Waals surface area contributed by atoms with Gasteiger partial charge in [-0.1, -0.05) is 72.8 Å². The zero-order valence-electron chi connectivity index (χ0n) is 18.6. The maximum Gasteiger partial charge on any atom is 0.240 e. The second-order valence-electron chi connectivity index (χ2n) is 6.99. The Balaban J connectivity index is 1.42. The molecule has 0 spiro atoms. The van der Waals surface area contributed by atoms with Crippen molar-refractivity contribution >= 4 is 48.2 Å². The second kappa shape index (κ2) is 17.1. The molecular weight excluding hydrogens is 432 g/mol. The molecule has 2 N–H and O–H groups in total. The molecule has 0 atom stereocenters. The van der Waals surface area contributed by atoms with Gasteiger partial charge in [0.2, 0.25) is 11.8 Å². The van der Waals surface area contributed by atoms with Crippen molar-refractivity contribution in [2.24, 2.45) is 10.2 Å². The fourth-order valence-corrected chi connectivity index (χ4v) is 3.53. The lowest BCUT2D eigenvalue weighted by Crippen LogP contribution is -2.17. The Morgan fingerprint density at radius 3 is 1.55 bits per heavy atom. The van der Waals surface area contributed by atoms with E-state index >= 15 is 0 Å². The first-order valence-electron chi connectivity index (χ1n) is 10.9. The van der Waals surface area contributed by atoms with E-state index in [9.17, 15) is 9.59 Å². The van der Waals surface area contributed by atoms with E-state index in [1.807, 2.05) is 72.8 Å². The molecule has 2 aromatic rings. The normalized spacial score (nSPS) is 11.6. The molecule has 0 bridgehead atoms. The number of amides is 2. The Morgan fingerprint density at radius 1 is 0.697 bits per heavy atom. The van der Waals surface area contributed by atoms with Crippen LogP contribution in [0.15, 0.2) is 83.0 Å². The van der Waals surface area contributed by atoms with Gasteiger partial charge < -0.3 is 0 Å². The molecule has 33 heavy (non-hydrogen) atoms. The number of nitrogens with zero attached hydrogens (tertiary/aromatic N) is 2. The predicted molar refractivity (Wildman–Crippen MR) is 140 cm³/mol. The summed E-state index contributed by atoms with van der Waals surface area (Å²) in [5.74, 6) is 1.54. The van der Waals surface area contributed by atoms with Gasteiger partial charge in [0.1, 0.15) is 0 Å². The van der Waals surface area contributed by atoms with E-state index in [-0.39, 0.29) is 11.8 Å². The number of allylic oxidation sites excluding steroid dienone is 2. The Bertz CT molecular complexity index is 864. The fourth-order valence-electron chi connectivity index (χ4n) is 2.62. The van der Waals surface area contributed by atoms with Gasteiger partial charge in [0.15, 0.2) is 0 Å². The molecule has 0 aliphatic rings. The van der Waals surface area contributed by atoms with Gasteiger partial charge in [-0.2, -0.15) is 22.0 Å². The third-order valence-electron chi connectivity index (χ3n) is 4.26. The fraction of sp³-hybridized carbons (Fsp3) is 0.231. The van der Waals surface area contributed by atoms with Crippen LogP contribution in [-0.2, 0) is 9.59 Å². The molecule has 0 unspecified atom stereocenters. The maximum absolute atomic E-state index is 11.8. The average molecular weight is 463 g/mol. The molecule has 0 aliphatic heterocycles. The number of carbonyl (C=O) groups is 2. The number of benzene rings is 2. The summed E-state index contributed by atoms with van der Waals surface area (Å²) in [6, 6.07) is 19.8. The molecule has 0 saturated heterocycles. The van der Waals surface area contributed by atoms with Gasteiger partial charge in [-0.3, -0.25) is 9.59 Å². The van der Waals surface area contributed by atoms with E-state index < -0.39 is 0 Å². The molecule has 2 rings (SSSR count). The highest BCUT2D eigenvalue weighted by Gasteiger charge is 2.01. The lowest BCUT2D eigenvalue weighted by atomic mass is 10.2. The lowest BCUT2D eigenvalue weighted by molar-refractivity contribution is -0.121. The molecule has 0 aromatic heterocycles. The highest BCUT2D eigenvalue weighted by atomic mass is 32.2. The van der Waals surface area contributed by atoms with Crippen LogP contribution in [0.2, 0.25) is 0 Å². The van der Waals surface area contributed by atoms with Crippen LogP contribution >= 0.6 is 11.8 Å². The minimum atomic E-state index is -0.0986. The van der Waals surface area contributed by atoms with Crippen LogP contribution in [0.4, 0.5) is 0 Å². The highest BCUT2D eigenvalue weighted by Crippen LogP contribution is 2.08. The summed E-state index contributed by atoms with van der Waals surface area (Å²) in [6.07, 6.45) is 12.9. The van der Waals surface area contributed by atoms with E-state index in [0.29, 0.717) is 12.8 Å². The Kier molecular flexibility index (Phi) is 13.4. The number of thioether (sulfide) groups is 1. The van der Waals surface area contributed by atoms with Crippen LogP contribution in [0.25, 0.3) is 12.2 Å². The molecule has 7 heteroatoms. The van der Waals surface area contributed by atoms with E-state index in [1.54, 1.807) is 36.3 Å². The van der Waals surface area contributed by atoms with Gasteiger partial charge in [-0.15, -0.1) is 0 Å². The monoisotopic (exact) mass is 462 g/mol. The summed E-state index contributed by atoms with van der Waals surface area (Å²) in [4.78, 5) is 23.5. The van der Waals surface area contributed by atoms with E-state index in [1.165, 1.54) is 0 Å². The summed E-state index contributed by atoms with van der Waals surface area (Å²) in [5.41, 5.74) is 7.20. The van der Waals surface area contributed by atoms with Crippen molar-refractivity contribution in [3.05, 3.63) is 83.9 Å². The Morgan fingerprint density at radius 2 is 1.12 bits per heavy atom. The third kappa shape index (κ3) is 13.5. The molecule has 0 radical (unpaired) electrons. The molecule has 2 aromatic carbocycles. The van der Waals surface area contributed by atoms with E-state index in [0.717, 1.165) is 35.5 Å². The number of hydrazone groups is 2. The first kappa shape index (κ1) is 25.8. The standard InChI is InChI=1S/C26H30N4O2S/c31-25(29-27-19-7-15-23-11-3-1-4-12-23)17-9-21-33-22-10-18-26(32)30-28-20-8-16-24-13-5-2-6-14-24/h1-8,11-16,19-20H,9-10,17-18,21-22H2,(H,29,31)(H,30,32)/b15-7-,16-8+,27-19+,28-20-. The predicted octanol–water partition coefficient (Wildman–Crippen LogP) is 4.91. The summed E-state index contributed by atoms with van der Waals surface area (Å²) in [6.45, 7) is 0. The van der Waals surface area contributed by atoms with Gasteiger partial charge in [0.25, 0.3) is 0 Å². The van der Waals surface area contributed by atoms with Gasteiger partial charge in [0.05, 0.1) is 0 Å². The van der Waals surface area contributed by atoms with Crippen LogP contribution < -0.4 is 10.9 Å². The van der Waals surface area contributed by atoms with Gasteiger partial charge in [-0.05, 0) is 47.6 Å². The maximum atomic E-state index is 11.8. The molecule has 0 saturated carbocycles. The molecule has 0 heterocycles. The van der Waals surface area contributed by atoms with Crippen LogP contribution in [0, 0.1) is 0 Å². The molecule has 6 nitrogen and oxygen atoms in total. The summed E-state index contributed by atoms with van der Waals surface area (Å²) in [7, 11) is 0. The number of hydrogen-bond donors (Lipinski definition) is 2. The van der Waals surface area contributed by atoms with Crippen molar-refractivity contribution < 1.29 is 9.59 Å². The SMILES string of the molecule is O=C(CCCSCCCC(=O)N/N=C/C=C\c1ccccc1)N/N=C\C=C\c1ccccc1. The number of carbonyl (C=O) groups excluding carboxylic acids is 2. The minimum Gasteiger partial charge on any atom is -0.273 e. The Hall–Kier alpha value is -3.45. The molecule has 0 aliphatic carbocycles. The van der Waals surface area contributed by atoms with Crippen molar-refractivity contribution in [2.75, 3.05) is 11.5 Å². The largest absolute Gasteiger partial charge is 0.273 e. The second-order valence-corrected chi connectivity index (χ2v) is 8.21. The van der Waals surface area contributed by atoms with Crippen LogP contribution in [0.3, 0.4) is 0 Å². The number of rotatable bonds is 14. The number of hydrogen-bond acceptors (Lipinski definition) is 5. The smallest absolute Gasteiger partial charge is 0.240 e. The third-order valence-corrected chi connectivity index (χ3v) is 5.42. The summed E-state index contributed by atoms with van der Waals surface area (Å²) in [5, 5.41) is 7.81. The van der Waals surface area contributed by atoms with Crippen molar-refractivity contribution in [1.82, 2.24) is 10.9 Å². The van der Waals surface area contributed by atoms with E-state index in [2.05, 4.69) is 21.1 Å². The highest BCUT2D eigenvalue weighted by molar-refractivity contribution is 7.99. The van der Waals surface area contributed by atoms with Crippen LogP contribution in [0.1, 0.15) is 36.8 Å². The van der Waals surface area contributed by atoms with Crippen LogP contribution in [-0.4, -0.2) is 35.7 Å². The van der Waals surface area contributed by atoms with Gasteiger partial charge in [-0.25, -0.2) is 10.9 Å². The van der Waals surface area contributed by atoms with Crippen molar-refractivity contribution in [2.45, 2.75) is 25.7 Å². The average Bonchev–Trinajstić information content (AvgIpc) is 2.84. The molecular formula is C26H30N4O2S. The number of nitrogens with one attached hydrogen (secondary N) is 2. The lowest BCUT2D eigenvalue weighted by Gasteiger charge is -2.02. The van der Waals surface area contributed by atoms with Gasteiger partial charge in [0, 0.05) is 25.3 Å². The van der Waals surface area contributed by atoms with Crippen molar-refractivity contribution in [3.8, 4) is 0 Å². The zero-order chi connectivity index (χ0) is 23.4. The quantitative estimate of drug-likeness (QED) is 0.238. The zero-order valence-corrected chi connectivity index (χ0v) is 19.4. The van der Waals surface area contributed by atoms with E-state index in [4.69, 9.17) is 0 Å². The topological polar surface area (TPSA) is 82.9 Å².